The number of carbonyl (C=O) groups excluding carboxylic acids is 1. The zero-order valence-corrected chi connectivity index (χ0v) is 17.8. The molecule has 0 unspecified atom stereocenters. The van der Waals surface area contributed by atoms with Crippen LogP contribution in [0.3, 0.4) is 0 Å². The van der Waals surface area contributed by atoms with Crippen molar-refractivity contribution >= 4 is 5.91 Å². The first kappa shape index (κ1) is 19.6. The third kappa shape index (κ3) is 3.83. The second-order valence-corrected chi connectivity index (χ2v) is 9.37. The SMILES string of the molecule is CC(=O)N1C[C@@H]2C[C@H](C1)c1cc(-c3ccc(CN4CCCCC4)cc3)cc(=O)n1C2. The summed E-state index contributed by atoms with van der Waals surface area (Å²) in [5.74, 6) is 0.783. The van der Waals surface area contributed by atoms with Gasteiger partial charge in [0.25, 0.3) is 5.56 Å². The van der Waals surface area contributed by atoms with E-state index in [2.05, 4.69) is 35.2 Å². The van der Waals surface area contributed by atoms with Crippen molar-refractivity contribution in [2.75, 3.05) is 26.2 Å². The molecule has 0 N–H and O–H groups in total. The molecule has 1 aromatic heterocycles. The lowest BCUT2D eigenvalue weighted by Crippen LogP contribution is -2.48. The number of piperidine rings is 2. The Labute approximate surface area is 178 Å². The van der Waals surface area contributed by atoms with Crippen molar-refractivity contribution in [3.05, 3.63) is 58.0 Å². The Kier molecular flexibility index (Phi) is 5.23. The minimum atomic E-state index is 0.0888. The molecule has 2 atom stereocenters. The van der Waals surface area contributed by atoms with Crippen LogP contribution < -0.4 is 5.56 Å². The molecule has 0 saturated carbocycles. The average Bonchev–Trinajstić information content (AvgIpc) is 2.75. The largest absolute Gasteiger partial charge is 0.342 e. The van der Waals surface area contributed by atoms with E-state index in [-0.39, 0.29) is 17.4 Å². The summed E-state index contributed by atoms with van der Waals surface area (Å²) in [6.07, 6.45) is 5.04. The number of carbonyl (C=O) groups is 1. The molecule has 0 aliphatic carbocycles. The van der Waals surface area contributed by atoms with Gasteiger partial charge in [-0.1, -0.05) is 30.7 Å². The second kappa shape index (κ2) is 8.03. The molecule has 30 heavy (non-hydrogen) atoms. The third-order valence-corrected chi connectivity index (χ3v) is 7.14. The zero-order chi connectivity index (χ0) is 20.7. The van der Waals surface area contributed by atoms with Crippen LogP contribution in [0.4, 0.5) is 0 Å². The minimum Gasteiger partial charge on any atom is -0.342 e. The van der Waals surface area contributed by atoms with Crippen molar-refractivity contribution in [2.24, 2.45) is 5.92 Å². The normalized spacial score (nSPS) is 23.8. The maximum absolute atomic E-state index is 12.9. The van der Waals surface area contributed by atoms with Crippen LogP contribution >= 0.6 is 0 Å². The van der Waals surface area contributed by atoms with Gasteiger partial charge in [0, 0.05) is 50.8 Å². The van der Waals surface area contributed by atoms with Crippen molar-refractivity contribution in [2.45, 2.75) is 51.6 Å². The van der Waals surface area contributed by atoms with Gasteiger partial charge in [0.05, 0.1) is 0 Å². The molecule has 158 valence electrons. The van der Waals surface area contributed by atoms with Crippen LogP contribution in [0.5, 0.6) is 0 Å². The van der Waals surface area contributed by atoms with Crippen LogP contribution in [-0.2, 0) is 17.9 Å². The highest BCUT2D eigenvalue weighted by atomic mass is 16.2. The van der Waals surface area contributed by atoms with E-state index in [9.17, 15) is 9.59 Å². The van der Waals surface area contributed by atoms with E-state index in [0.29, 0.717) is 5.92 Å². The standard InChI is InChI=1S/C25H31N3O2/c1-18(29)27-15-20-11-23(17-27)24-12-22(13-25(30)28(24)16-20)21-7-5-19(6-8-21)14-26-9-3-2-4-10-26/h5-8,12-13,20,23H,2-4,9-11,14-17H2,1H3/t20-,23+/m0/s1. The van der Waals surface area contributed by atoms with Crippen molar-refractivity contribution in [3.63, 3.8) is 0 Å². The summed E-state index contributed by atoms with van der Waals surface area (Å²) in [5, 5.41) is 0. The molecule has 2 bridgehead atoms. The van der Waals surface area contributed by atoms with Gasteiger partial charge in [-0.3, -0.25) is 14.5 Å². The number of rotatable bonds is 3. The van der Waals surface area contributed by atoms with Gasteiger partial charge in [0.1, 0.15) is 0 Å². The first-order valence-electron chi connectivity index (χ1n) is 11.4. The van der Waals surface area contributed by atoms with Crippen LogP contribution in [0.2, 0.25) is 0 Å². The van der Waals surface area contributed by atoms with Crippen LogP contribution in [-0.4, -0.2) is 46.5 Å². The maximum atomic E-state index is 12.9. The van der Waals surface area contributed by atoms with Crippen molar-refractivity contribution in [1.82, 2.24) is 14.4 Å². The average molecular weight is 406 g/mol. The highest BCUT2D eigenvalue weighted by molar-refractivity contribution is 5.73. The molecule has 1 amide bonds. The molecule has 2 fully saturated rings. The van der Waals surface area contributed by atoms with Crippen LogP contribution in [0.15, 0.2) is 41.2 Å². The number of pyridine rings is 1. The highest BCUT2D eigenvalue weighted by Crippen LogP contribution is 2.36. The van der Waals surface area contributed by atoms with Crippen molar-refractivity contribution < 1.29 is 4.79 Å². The van der Waals surface area contributed by atoms with Gasteiger partial charge in [0.15, 0.2) is 0 Å². The summed E-state index contributed by atoms with van der Waals surface area (Å²) in [4.78, 5) is 29.3. The molecule has 1 aromatic carbocycles. The molecule has 2 aromatic rings. The lowest BCUT2D eigenvalue weighted by atomic mass is 9.82. The predicted molar refractivity (Wildman–Crippen MR) is 118 cm³/mol. The smallest absolute Gasteiger partial charge is 0.251 e. The summed E-state index contributed by atoms with van der Waals surface area (Å²) in [6, 6.07) is 12.7. The number of likely N-dealkylation sites (tertiary alicyclic amines) is 2. The lowest BCUT2D eigenvalue weighted by molar-refractivity contribution is -0.131. The Morgan fingerprint density at radius 1 is 0.967 bits per heavy atom. The van der Waals surface area contributed by atoms with Crippen LogP contribution in [0, 0.1) is 5.92 Å². The van der Waals surface area contributed by atoms with Gasteiger partial charge >= 0.3 is 0 Å². The minimum absolute atomic E-state index is 0.0888. The monoisotopic (exact) mass is 405 g/mol. The molecule has 0 spiro atoms. The Morgan fingerprint density at radius 2 is 1.73 bits per heavy atom. The zero-order valence-electron chi connectivity index (χ0n) is 17.8. The number of hydrogen-bond donors (Lipinski definition) is 0. The lowest BCUT2D eigenvalue weighted by Gasteiger charge is -2.42. The number of amides is 1. The van der Waals surface area contributed by atoms with E-state index in [1.807, 2.05) is 9.47 Å². The Balaban J connectivity index is 1.39. The summed E-state index contributed by atoms with van der Waals surface area (Å²) in [7, 11) is 0. The number of nitrogens with zero attached hydrogens (tertiary/aromatic N) is 3. The fraction of sp³-hybridized carbons (Fsp3) is 0.520. The van der Waals surface area contributed by atoms with Gasteiger partial charge in [-0.2, -0.15) is 0 Å². The molecule has 2 saturated heterocycles. The highest BCUT2D eigenvalue weighted by Gasteiger charge is 2.35. The quantitative estimate of drug-likeness (QED) is 0.786. The molecular weight excluding hydrogens is 374 g/mol. The summed E-state index contributed by atoms with van der Waals surface area (Å²) in [5.41, 5.74) is 4.61. The molecule has 5 nitrogen and oxygen atoms in total. The number of benzene rings is 1. The molecular formula is C25H31N3O2. The maximum Gasteiger partial charge on any atom is 0.251 e. The van der Waals surface area contributed by atoms with E-state index in [4.69, 9.17) is 0 Å². The molecule has 0 radical (unpaired) electrons. The predicted octanol–water partition coefficient (Wildman–Crippen LogP) is 3.47. The fourth-order valence-corrected chi connectivity index (χ4v) is 5.56. The van der Waals surface area contributed by atoms with Gasteiger partial charge in [-0.25, -0.2) is 0 Å². The van der Waals surface area contributed by atoms with Gasteiger partial charge in [-0.15, -0.1) is 0 Å². The Hall–Kier alpha value is -2.40. The van der Waals surface area contributed by atoms with Gasteiger partial charge in [-0.05, 0) is 61.0 Å². The molecule has 5 heteroatoms. The van der Waals surface area contributed by atoms with Crippen molar-refractivity contribution in [3.8, 4) is 11.1 Å². The summed E-state index contributed by atoms with van der Waals surface area (Å²) < 4.78 is 1.95. The Morgan fingerprint density at radius 3 is 2.47 bits per heavy atom. The van der Waals surface area contributed by atoms with E-state index in [1.165, 1.54) is 37.9 Å². The van der Waals surface area contributed by atoms with Gasteiger partial charge < -0.3 is 9.47 Å². The topological polar surface area (TPSA) is 45.6 Å². The molecule has 4 heterocycles. The fourth-order valence-electron chi connectivity index (χ4n) is 5.56. The van der Waals surface area contributed by atoms with E-state index in [0.717, 1.165) is 49.4 Å². The number of aromatic nitrogens is 1. The molecule has 3 aliphatic rings. The molecule has 5 rings (SSSR count). The first-order chi connectivity index (χ1) is 14.6. The summed E-state index contributed by atoms with van der Waals surface area (Å²) in [6.45, 7) is 7.28. The van der Waals surface area contributed by atoms with Crippen LogP contribution in [0.1, 0.15) is 49.8 Å². The van der Waals surface area contributed by atoms with E-state index in [1.54, 1.807) is 13.0 Å². The molecule has 3 aliphatic heterocycles. The van der Waals surface area contributed by atoms with E-state index >= 15 is 0 Å². The summed E-state index contributed by atoms with van der Waals surface area (Å²) >= 11 is 0. The van der Waals surface area contributed by atoms with E-state index < -0.39 is 0 Å². The van der Waals surface area contributed by atoms with Crippen LogP contribution in [0.25, 0.3) is 11.1 Å². The van der Waals surface area contributed by atoms with Gasteiger partial charge in [0.2, 0.25) is 5.91 Å². The first-order valence-corrected chi connectivity index (χ1v) is 11.4. The number of hydrogen-bond acceptors (Lipinski definition) is 3. The van der Waals surface area contributed by atoms with Crippen molar-refractivity contribution in [1.29, 1.82) is 0 Å². The second-order valence-electron chi connectivity index (χ2n) is 9.37. The number of fused-ring (bicyclic) bond motifs is 4. The third-order valence-electron chi connectivity index (χ3n) is 7.14. The Bertz CT molecular complexity index is 988.